The molecule has 0 atom stereocenters. The minimum atomic E-state index is 0.502. The van der Waals surface area contributed by atoms with Gasteiger partial charge in [-0.1, -0.05) is 25.2 Å². The number of aryl methyl sites for hydroxylation is 1. The zero-order valence-electron chi connectivity index (χ0n) is 9.52. The lowest BCUT2D eigenvalue weighted by Gasteiger charge is -1.98. The maximum Gasteiger partial charge on any atom is 0.205 e. The predicted octanol–water partition coefficient (Wildman–Crippen LogP) is 3.04. The zero-order chi connectivity index (χ0) is 11.5. The van der Waals surface area contributed by atoms with Gasteiger partial charge in [-0.05, 0) is 6.92 Å². The van der Waals surface area contributed by atoms with E-state index < -0.39 is 0 Å². The van der Waals surface area contributed by atoms with E-state index in [2.05, 4.69) is 34.3 Å². The van der Waals surface area contributed by atoms with E-state index in [1.807, 2.05) is 13.1 Å². The number of hydrogen-bond acceptors (Lipinski definition) is 6. The zero-order valence-corrected chi connectivity index (χ0v) is 11.2. The van der Waals surface area contributed by atoms with Crippen molar-refractivity contribution in [3.8, 4) is 0 Å². The fraction of sp³-hybridized carbons (Fsp3) is 0.500. The molecule has 6 heteroatoms. The van der Waals surface area contributed by atoms with Crippen molar-refractivity contribution in [3.05, 3.63) is 21.1 Å². The molecule has 2 heterocycles. The fourth-order valence-corrected chi connectivity index (χ4v) is 2.65. The third-order valence-electron chi connectivity index (χ3n) is 2.01. The molecule has 0 aliphatic rings. The van der Waals surface area contributed by atoms with Gasteiger partial charge in [0.1, 0.15) is 5.01 Å². The second kappa shape index (κ2) is 4.88. The Hall–Kier alpha value is -1.01. The molecule has 0 aliphatic heterocycles. The van der Waals surface area contributed by atoms with Gasteiger partial charge in [-0.2, -0.15) is 0 Å². The van der Waals surface area contributed by atoms with E-state index >= 15 is 0 Å². The Bertz CT molecular complexity index is 461. The lowest BCUT2D eigenvalue weighted by atomic mass is 10.2. The molecule has 2 aromatic rings. The van der Waals surface area contributed by atoms with Crippen LogP contribution in [0.1, 0.15) is 34.7 Å². The SMILES string of the molecule is Cc1nnc(NCc2cnc(C(C)C)s2)s1. The van der Waals surface area contributed by atoms with Crippen molar-refractivity contribution in [3.63, 3.8) is 0 Å². The Morgan fingerprint density at radius 1 is 1.31 bits per heavy atom. The number of anilines is 1. The first kappa shape index (κ1) is 11.5. The smallest absolute Gasteiger partial charge is 0.205 e. The van der Waals surface area contributed by atoms with Gasteiger partial charge in [-0.15, -0.1) is 21.5 Å². The summed E-state index contributed by atoms with van der Waals surface area (Å²) in [5.41, 5.74) is 0. The number of thiazole rings is 1. The summed E-state index contributed by atoms with van der Waals surface area (Å²) in [6.07, 6.45) is 1.93. The van der Waals surface area contributed by atoms with Crippen LogP contribution in [0.4, 0.5) is 5.13 Å². The second-order valence-electron chi connectivity index (χ2n) is 3.80. The normalized spacial score (nSPS) is 11.0. The van der Waals surface area contributed by atoms with E-state index in [9.17, 15) is 0 Å². The van der Waals surface area contributed by atoms with Crippen molar-refractivity contribution >= 4 is 27.8 Å². The second-order valence-corrected chi connectivity index (χ2v) is 6.13. The third-order valence-corrected chi connectivity index (χ3v) is 4.10. The maximum atomic E-state index is 4.38. The Morgan fingerprint density at radius 2 is 2.12 bits per heavy atom. The summed E-state index contributed by atoms with van der Waals surface area (Å²) in [5, 5.41) is 14.3. The molecule has 0 radical (unpaired) electrons. The molecule has 0 bridgehead atoms. The van der Waals surface area contributed by atoms with Gasteiger partial charge in [0.05, 0.1) is 11.6 Å². The molecule has 0 fully saturated rings. The first-order valence-electron chi connectivity index (χ1n) is 5.13. The van der Waals surface area contributed by atoms with Crippen LogP contribution in [0.15, 0.2) is 6.20 Å². The van der Waals surface area contributed by atoms with E-state index in [0.29, 0.717) is 5.92 Å². The molecule has 16 heavy (non-hydrogen) atoms. The molecule has 2 aromatic heterocycles. The van der Waals surface area contributed by atoms with Gasteiger partial charge >= 0.3 is 0 Å². The molecule has 0 spiro atoms. The molecule has 0 amide bonds. The van der Waals surface area contributed by atoms with Gasteiger partial charge in [-0.25, -0.2) is 4.98 Å². The summed E-state index contributed by atoms with van der Waals surface area (Å²) in [4.78, 5) is 5.61. The lowest BCUT2D eigenvalue weighted by Crippen LogP contribution is -1.96. The summed E-state index contributed by atoms with van der Waals surface area (Å²) >= 11 is 3.32. The Kier molecular flexibility index (Phi) is 3.50. The van der Waals surface area contributed by atoms with Gasteiger partial charge in [0.2, 0.25) is 5.13 Å². The Labute approximate surface area is 103 Å². The average molecular weight is 254 g/mol. The van der Waals surface area contributed by atoms with Gasteiger partial charge < -0.3 is 5.32 Å². The largest absolute Gasteiger partial charge is 0.355 e. The molecular formula is C10H14N4S2. The van der Waals surface area contributed by atoms with E-state index in [-0.39, 0.29) is 0 Å². The van der Waals surface area contributed by atoms with E-state index in [0.717, 1.165) is 16.7 Å². The molecule has 1 N–H and O–H groups in total. The van der Waals surface area contributed by atoms with Crippen LogP contribution in [0.5, 0.6) is 0 Å². The van der Waals surface area contributed by atoms with Crippen LogP contribution in [0, 0.1) is 6.92 Å². The van der Waals surface area contributed by atoms with Crippen molar-refractivity contribution in [2.45, 2.75) is 33.2 Å². The quantitative estimate of drug-likeness (QED) is 0.911. The van der Waals surface area contributed by atoms with Crippen LogP contribution in [0.25, 0.3) is 0 Å². The van der Waals surface area contributed by atoms with Crippen molar-refractivity contribution in [1.29, 1.82) is 0 Å². The molecule has 4 nitrogen and oxygen atoms in total. The van der Waals surface area contributed by atoms with E-state index in [1.54, 1.807) is 22.7 Å². The maximum absolute atomic E-state index is 4.38. The summed E-state index contributed by atoms with van der Waals surface area (Å²) in [6, 6.07) is 0. The summed E-state index contributed by atoms with van der Waals surface area (Å²) in [7, 11) is 0. The minimum Gasteiger partial charge on any atom is -0.355 e. The van der Waals surface area contributed by atoms with Gasteiger partial charge in [0.15, 0.2) is 0 Å². The van der Waals surface area contributed by atoms with Crippen molar-refractivity contribution < 1.29 is 0 Å². The molecule has 2 rings (SSSR count). The molecular weight excluding hydrogens is 240 g/mol. The van der Waals surface area contributed by atoms with Crippen LogP contribution >= 0.6 is 22.7 Å². The van der Waals surface area contributed by atoms with Crippen LogP contribution in [-0.4, -0.2) is 15.2 Å². The highest BCUT2D eigenvalue weighted by molar-refractivity contribution is 7.15. The monoisotopic (exact) mass is 254 g/mol. The third kappa shape index (κ3) is 2.76. The predicted molar refractivity (Wildman–Crippen MR) is 68.2 cm³/mol. The van der Waals surface area contributed by atoms with E-state index in [4.69, 9.17) is 0 Å². The van der Waals surface area contributed by atoms with E-state index in [1.165, 1.54) is 9.88 Å². The topological polar surface area (TPSA) is 50.7 Å². The van der Waals surface area contributed by atoms with Crippen LogP contribution in [0.3, 0.4) is 0 Å². The fourth-order valence-electron chi connectivity index (χ4n) is 1.20. The number of nitrogens with one attached hydrogen (secondary N) is 1. The summed E-state index contributed by atoms with van der Waals surface area (Å²) in [6.45, 7) is 7.04. The summed E-state index contributed by atoms with van der Waals surface area (Å²) in [5.74, 6) is 0.502. The van der Waals surface area contributed by atoms with Crippen molar-refractivity contribution in [1.82, 2.24) is 15.2 Å². The molecule has 86 valence electrons. The average Bonchev–Trinajstić information content (AvgIpc) is 2.83. The Morgan fingerprint density at radius 3 is 2.69 bits per heavy atom. The minimum absolute atomic E-state index is 0.502. The first-order chi connectivity index (χ1) is 7.65. The van der Waals surface area contributed by atoms with Gasteiger partial charge in [0, 0.05) is 17.0 Å². The van der Waals surface area contributed by atoms with Gasteiger partial charge in [0.25, 0.3) is 0 Å². The first-order valence-corrected chi connectivity index (χ1v) is 6.77. The molecule has 0 unspecified atom stereocenters. The lowest BCUT2D eigenvalue weighted by molar-refractivity contribution is 0.852. The van der Waals surface area contributed by atoms with Crippen molar-refractivity contribution in [2.24, 2.45) is 0 Å². The number of aromatic nitrogens is 3. The van der Waals surface area contributed by atoms with Crippen LogP contribution < -0.4 is 5.32 Å². The summed E-state index contributed by atoms with van der Waals surface area (Å²) < 4.78 is 0. The van der Waals surface area contributed by atoms with Gasteiger partial charge in [-0.3, -0.25) is 0 Å². The van der Waals surface area contributed by atoms with Crippen molar-refractivity contribution in [2.75, 3.05) is 5.32 Å². The molecule has 0 aliphatic carbocycles. The molecule has 0 aromatic carbocycles. The highest BCUT2D eigenvalue weighted by Gasteiger charge is 2.06. The number of rotatable bonds is 4. The van der Waals surface area contributed by atoms with Crippen LogP contribution in [-0.2, 0) is 6.54 Å². The Balaban J connectivity index is 1.94. The number of hydrogen-bond donors (Lipinski definition) is 1. The van der Waals surface area contributed by atoms with Crippen LogP contribution in [0.2, 0.25) is 0 Å². The highest BCUT2D eigenvalue weighted by atomic mass is 32.1. The standard InChI is InChI=1S/C10H14N4S2/c1-6(2)9-11-4-8(16-9)5-12-10-14-13-7(3)15-10/h4,6H,5H2,1-3H3,(H,12,14). The highest BCUT2D eigenvalue weighted by Crippen LogP contribution is 2.22. The molecule has 0 saturated heterocycles. The number of nitrogens with zero attached hydrogens (tertiary/aromatic N) is 3. The molecule has 0 saturated carbocycles.